The first-order valence-electron chi connectivity index (χ1n) is 4.69. The molecule has 76 valence electrons. The lowest BCUT2D eigenvalue weighted by Crippen LogP contribution is -2.42. The van der Waals surface area contributed by atoms with Crippen LogP contribution >= 0.6 is 0 Å². The van der Waals surface area contributed by atoms with E-state index in [4.69, 9.17) is 4.74 Å². The molecule has 2 rings (SSSR count). The number of ether oxygens (including phenoxy) is 1. The molecule has 0 spiro atoms. The second-order valence-corrected chi connectivity index (χ2v) is 3.89. The molecule has 0 saturated heterocycles. The minimum absolute atomic E-state index is 0.156. The van der Waals surface area contributed by atoms with E-state index in [1.165, 1.54) is 0 Å². The molecule has 0 amide bonds. The molecular weight excluding hydrogens is 180 g/mol. The van der Waals surface area contributed by atoms with Crippen molar-refractivity contribution in [1.82, 2.24) is 0 Å². The van der Waals surface area contributed by atoms with Gasteiger partial charge in [-0.25, -0.2) is 0 Å². The molecule has 1 aliphatic rings. The standard InChI is InChI=1S/C11H14O3/c1-8-2-3-9-5-11(6-12,7-13)14-10(9)4-8/h2-4,12-13H,5-7H2,1H3. The van der Waals surface area contributed by atoms with E-state index in [0.717, 1.165) is 16.9 Å². The number of aryl methyl sites for hydroxylation is 1. The molecule has 0 unspecified atom stereocenters. The maximum Gasteiger partial charge on any atom is 0.159 e. The summed E-state index contributed by atoms with van der Waals surface area (Å²) in [5, 5.41) is 18.3. The fraction of sp³-hybridized carbons (Fsp3) is 0.455. The van der Waals surface area contributed by atoms with E-state index >= 15 is 0 Å². The number of aliphatic hydroxyl groups is 2. The first-order valence-corrected chi connectivity index (χ1v) is 4.69. The number of aliphatic hydroxyl groups excluding tert-OH is 2. The van der Waals surface area contributed by atoms with Crippen LogP contribution in [0, 0.1) is 6.92 Å². The maximum absolute atomic E-state index is 9.17. The van der Waals surface area contributed by atoms with Gasteiger partial charge in [0.25, 0.3) is 0 Å². The minimum atomic E-state index is -0.809. The molecule has 3 nitrogen and oxygen atoms in total. The molecule has 0 saturated carbocycles. The van der Waals surface area contributed by atoms with E-state index in [1.54, 1.807) is 0 Å². The summed E-state index contributed by atoms with van der Waals surface area (Å²) >= 11 is 0. The van der Waals surface area contributed by atoms with E-state index in [0.29, 0.717) is 6.42 Å². The number of fused-ring (bicyclic) bond motifs is 1. The van der Waals surface area contributed by atoms with Crippen LogP contribution in [0.25, 0.3) is 0 Å². The highest BCUT2D eigenvalue weighted by molar-refractivity contribution is 5.42. The van der Waals surface area contributed by atoms with Crippen molar-refractivity contribution in [2.24, 2.45) is 0 Å². The Morgan fingerprint density at radius 1 is 1.36 bits per heavy atom. The van der Waals surface area contributed by atoms with Crippen LogP contribution in [0.3, 0.4) is 0 Å². The zero-order valence-electron chi connectivity index (χ0n) is 8.16. The minimum Gasteiger partial charge on any atom is -0.482 e. The first kappa shape index (κ1) is 9.49. The Kier molecular flexibility index (Phi) is 2.21. The van der Waals surface area contributed by atoms with Gasteiger partial charge >= 0.3 is 0 Å². The summed E-state index contributed by atoms with van der Waals surface area (Å²) in [7, 11) is 0. The Hall–Kier alpha value is -1.06. The molecule has 1 heterocycles. The van der Waals surface area contributed by atoms with Gasteiger partial charge in [-0.3, -0.25) is 0 Å². The molecule has 2 N–H and O–H groups in total. The van der Waals surface area contributed by atoms with Gasteiger partial charge in [-0.1, -0.05) is 12.1 Å². The lowest BCUT2D eigenvalue weighted by atomic mass is 9.99. The van der Waals surface area contributed by atoms with Crippen LogP contribution < -0.4 is 4.74 Å². The topological polar surface area (TPSA) is 49.7 Å². The monoisotopic (exact) mass is 194 g/mol. The Labute approximate surface area is 83.0 Å². The molecule has 1 aromatic carbocycles. The van der Waals surface area contributed by atoms with Crippen LogP contribution in [0.1, 0.15) is 11.1 Å². The molecule has 0 bridgehead atoms. The van der Waals surface area contributed by atoms with Crippen molar-refractivity contribution in [2.45, 2.75) is 18.9 Å². The quantitative estimate of drug-likeness (QED) is 0.727. The van der Waals surface area contributed by atoms with Gasteiger partial charge in [0.15, 0.2) is 5.60 Å². The fourth-order valence-electron chi connectivity index (χ4n) is 1.75. The molecule has 0 fully saturated rings. The van der Waals surface area contributed by atoms with Gasteiger partial charge < -0.3 is 14.9 Å². The molecule has 14 heavy (non-hydrogen) atoms. The molecule has 1 aromatic rings. The molecular formula is C11H14O3. The highest BCUT2D eigenvalue weighted by Crippen LogP contribution is 2.35. The number of benzene rings is 1. The van der Waals surface area contributed by atoms with Gasteiger partial charge in [-0.15, -0.1) is 0 Å². The third-order valence-electron chi connectivity index (χ3n) is 2.64. The molecule has 1 aliphatic heterocycles. The van der Waals surface area contributed by atoms with E-state index in [1.807, 2.05) is 25.1 Å². The SMILES string of the molecule is Cc1ccc2c(c1)OC(CO)(CO)C2. The molecule has 0 atom stereocenters. The summed E-state index contributed by atoms with van der Waals surface area (Å²) in [4.78, 5) is 0. The first-order chi connectivity index (χ1) is 6.69. The van der Waals surface area contributed by atoms with Crippen molar-refractivity contribution in [3.63, 3.8) is 0 Å². The van der Waals surface area contributed by atoms with Crippen LogP contribution in [0.2, 0.25) is 0 Å². The lowest BCUT2D eigenvalue weighted by Gasteiger charge is -2.23. The van der Waals surface area contributed by atoms with Crippen LogP contribution in [-0.2, 0) is 6.42 Å². The summed E-state index contributed by atoms with van der Waals surface area (Å²) in [5.41, 5.74) is 1.37. The predicted octanol–water partition coefficient (Wildman–Crippen LogP) is 0.653. The summed E-state index contributed by atoms with van der Waals surface area (Å²) in [6, 6.07) is 5.92. The van der Waals surface area contributed by atoms with Crippen molar-refractivity contribution in [1.29, 1.82) is 0 Å². The van der Waals surface area contributed by atoms with Crippen LogP contribution in [0.15, 0.2) is 18.2 Å². The maximum atomic E-state index is 9.17. The third kappa shape index (κ3) is 1.38. The second kappa shape index (κ2) is 3.26. The Bertz CT molecular complexity index is 342. The molecule has 3 heteroatoms. The van der Waals surface area contributed by atoms with Gasteiger partial charge in [0.2, 0.25) is 0 Å². The summed E-state index contributed by atoms with van der Waals surface area (Å²) in [6.45, 7) is 1.68. The van der Waals surface area contributed by atoms with E-state index in [2.05, 4.69) is 0 Å². The number of hydrogen-bond donors (Lipinski definition) is 2. The average Bonchev–Trinajstić information content (AvgIpc) is 2.56. The van der Waals surface area contributed by atoms with Gasteiger partial charge in [0, 0.05) is 6.42 Å². The van der Waals surface area contributed by atoms with Crippen LogP contribution in [0.4, 0.5) is 0 Å². The van der Waals surface area contributed by atoms with Crippen molar-refractivity contribution < 1.29 is 14.9 Å². The van der Waals surface area contributed by atoms with E-state index < -0.39 is 5.60 Å². The fourth-order valence-corrected chi connectivity index (χ4v) is 1.75. The van der Waals surface area contributed by atoms with Gasteiger partial charge in [-0.05, 0) is 24.1 Å². The van der Waals surface area contributed by atoms with E-state index in [-0.39, 0.29) is 13.2 Å². The highest BCUT2D eigenvalue weighted by Gasteiger charge is 2.38. The van der Waals surface area contributed by atoms with Gasteiger partial charge in [-0.2, -0.15) is 0 Å². The highest BCUT2D eigenvalue weighted by atomic mass is 16.5. The van der Waals surface area contributed by atoms with Crippen LogP contribution in [0.5, 0.6) is 5.75 Å². The number of rotatable bonds is 2. The van der Waals surface area contributed by atoms with Crippen LogP contribution in [-0.4, -0.2) is 29.0 Å². The normalized spacial score (nSPS) is 17.6. The Balaban J connectivity index is 2.33. The lowest BCUT2D eigenvalue weighted by molar-refractivity contribution is -0.0175. The predicted molar refractivity (Wildman–Crippen MR) is 52.4 cm³/mol. The van der Waals surface area contributed by atoms with E-state index in [9.17, 15) is 10.2 Å². The van der Waals surface area contributed by atoms with Crippen molar-refractivity contribution >= 4 is 0 Å². The molecule has 0 aliphatic carbocycles. The van der Waals surface area contributed by atoms with Crippen molar-refractivity contribution in [2.75, 3.05) is 13.2 Å². The van der Waals surface area contributed by atoms with Gasteiger partial charge in [0.1, 0.15) is 5.75 Å². The smallest absolute Gasteiger partial charge is 0.159 e. The summed E-state index contributed by atoms with van der Waals surface area (Å²) < 4.78 is 5.57. The summed E-state index contributed by atoms with van der Waals surface area (Å²) in [5.74, 6) is 0.785. The second-order valence-electron chi connectivity index (χ2n) is 3.89. The molecule has 0 radical (unpaired) electrons. The molecule has 0 aromatic heterocycles. The Morgan fingerprint density at radius 3 is 2.71 bits per heavy atom. The number of hydrogen-bond acceptors (Lipinski definition) is 3. The average molecular weight is 194 g/mol. The zero-order valence-corrected chi connectivity index (χ0v) is 8.16. The zero-order chi connectivity index (χ0) is 10.2. The third-order valence-corrected chi connectivity index (χ3v) is 2.64. The largest absolute Gasteiger partial charge is 0.482 e. The summed E-state index contributed by atoms with van der Waals surface area (Å²) in [6.07, 6.45) is 0.579. The Morgan fingerprint density at radius 2 is 2.07 bits per heavy atom. The van der Waals surface area contributed by atoms with Crippen molar-refractivity contribution in [3.8, 4) is 5.75 Å². The van der Waals surface area contributed by atoms with Gasteiger partial charge in [0.05, 0.1) is 13.2 Å². The van der Waals surface area contributed by atoms with Crippen molar-refractivity contribution in [3.05, 3.63) is 29.3 Å².